The molecule has 0 saturated carbocycles. The summed E-state index contributed by atoms with van der Waals surface area (Å²) in [5, 5.41) is 0. The molecule has 0 aromatic rings. The van der Waals surface area contributed by atoms with Crippen molar-refractivity contribution < 1.29 is 19.4 Å². The van der Waals surface area contributed by atoms with Crippen LogP contribution in [0.3, 0.4) is 0 Å². The van der Waals surface area contributed by atoms with Gasteiger partial charge in [-0.05, 0) is 0 Å². The van der Waals surface area contributed by atoms with E-state index >= 15 is 0 Å². The first-order valence-electron chi connectivity index (χ1n) is 1.87. The first kappa shape index (κ1) is 6.97. The summed E-state index contributed by atoms with van der Waals surface area (Å²) >= 11 is 1.42. The Morgan fingerprint density at radius 3 is 2.86 bits per heavy atom. The van der Waals surface area contributed by atoms with Crippen molar-refractivity contribution in [1.82, 2.24) is 0 Å². The summed E-state index contributed by atoms with van der Waals surface area (Å²) in [6, 6.07) is 0. The van der Waals surface area contributed by atoms with Crippen LogP contribution in [0, 0.1) is 6.08 Å². The van der Waals surface area contributed by atoms with E-state index in [-0.39, 0.29) is 0 Å². The van der Waals surface area contributed by atoms with Crippen LogP contribution >= 0.6 is 0 Å². The zero-order valence-electron chi connectivity index (χ0n) is 4.09. The number of hydrogen-bond acceptors (Lipinski definition) is 1. The van der Waals surface area contributed by atoms with E-state index < -0.39 is 0 Å². The molecule has 0 aromatic heterocycles. The van der Waals surface area contributed by atoms with E-state index in [1.54, 1.807) is 12.4 Å². The summed E-state index contributed by atoms with van der Waals surface area (Å²) in [6.45, 7) is 1.82. The summed E-state index contributed by atoms with van der Waals surface area (Å²) in [6.07, 6.45) is 6.16. The Morgan fingerprint density at radius 1 is 1.71 bits per heavy atom. The number of hydrogen-bond donors (Lipinski definition) is 0. The van der Waals surface area contributed by atoms with Gasteiger partial charge in [-0.1, -0.05) is 0 Å². The third-order valence-electron chi connectivity index (χ3n) is 0.351. The van der Waals surface area contributed by atoms with E-state index in [0.29, 0.717) is 0 Å². The van der Waals surface area contributed by atoms with Gasteiger partial charge in [-0.15, -0.1) is 0 Å². The third kappa shape index (κ3) is 5.97. The molecule has 7 heavy (non-hydrogen) atoms. The van der Waals surface area contributed by atoms with Crippen LogP contribution in [0.1, 0.15) is 6.92 Å². The fourth-order valence-electron chi connectivity index (χ4n) is 0.153. The molecule has 2 heteroatoms. The van der Waals surface area contributed by atoms with Crippen LogP contribution in [0.25, 0.3) is 0 Å². The maximum atomic E-state index is 3.81. The van der Waals surface area contributed by atoms with Crippen LogP contribution in [0.15, 0.2) is 11.2 Å². The normalized spacial score (nSPS) is 11.0. The minimum absolute atomic E-state index is 1.42. The van der Waals surface area contributed by atoms with Gasteiger partial charge in [-0.25, -0.2) is 0 Å². The van der Waals surface area contributed by atoms with Crippen LogP contribution in [-0.2, 0) is 19.4 Å². The van der Waals surface area contributed by atoms with Crippen LogP contribution in [-0.4, -0.2) is 10.6 Å². The summed E-state index contributed by atoms with van der Waals surface area (Å²) in [4.78, 5) is 3.81. The first-order chi connectivity index (χ1) is 3.41. The van der Waals surface area contributed by atoms with Crippen molar-refractivity contribution in [3.63, 3.8) is 0 Å². The molecule has 1 nitrogen and oxygen atoms in total. The predicted molar refractivity (Wildman–Crippen MR) is 28.0 cm³/mol. The summed E-state index contributed by atoms with van der Waals surface area (Å²) < 4.78 is 1.95. The number of aliphatic imine (C=N–C) groups is 1. The molecular formula is C5H6NW-. The molecule has 0 spiro atoms. The predicted octanol–water partition coefficient (Wildman–Crippen LogP) is 0.743. The van der Waals surface area contributed by atoms with Crippen molar-refractivity contribution in [2.75, 3.05) is 0 Å². The van der Waals surface area contributed by atoms with E-state index in [0.717, 1.165) is 0 Å². The van der Waals surface area contributed by atoms with Gasteiger partial charge in [-0.2, -0.15) is 0 Å². The third-order valence-corrected chi connectivity index (χ3v) is 0.788. The Morgan fingerprint density at radius 2 is 2.43 bits per heavy atom. The average molecular weight is 264 g/mol. The molecule has 0 N–H and O–H groups in total. The Labute approximate surface area is 54.6 Å². The molecule has 38 valence electrons. The molecule has 0 atom stereocenters. The molecule has 0 aliphatic heterocycles. The van der Waals surface area contributed by atoms with Crippen molar-refractivity contribution in [1.29, 1.82) is 0 Å². The van der Waals surface area contributed by atoms with Crippen molar-refractivity contribution in [3.05, 3.63) is 12.3 Å². The standard InChI is InChI=1S/C5H6N.W/c1-3-5-6-4-2;/h2,4-5H,1H3;/q-1;. The Kier molecular flexibility index (Phi) is 5.94. The Balaban J connectivity index is 3.27. The molecule has 0 saturated heterocycles. The van der Waals surface area contributed by atoms with Gasteiger partial charge in [-0.3, -0.25) is 0 Å². The van der Waals surface area contributed by atoms with Crippen molar-refractivity contribution in [2.24, 2.45) is 4.99 Å². The van der Waals surface area contributed by atoms with Crippen LogP contribution in [0.4, 0.5) is 0 Å². The zero-order chi connectivity index (χ0) is 5.54. The van der Waals surface area contributed by atoms with E-state index in [1.807, 2.05) is 11.3 Å². The molecule has 0 unspecified atom stereocenters. The van der Waals surface area contributed by atoms with E-state index in [4.69, 9.17) is 0 Å². The second-order valence-electron chi connectivity index (χ2n) is 0.852. The maximum absolute atomic E-state index is 3.81. The van der Waals surface area contributed by atoms with E-state index in [2.05, 4.69) is 11.1 Å². The quantitative estimate of drug-likeness (QED) is 0.515. The molecule has 0 rings (SSSR count). The fraction of sp³-hybridized carbons (Fsp3) is 0.200. The summed E-state index contributed by atoms with van der Waals surface area (Å²) in [7, 11) is 0. The molecule has 0 amide bonds. The average Bonchev–Trinajstić information content (AvgIpc) is 1.69. The Hall–Kier alpha value is -0.0317. The van der Waals surface area contributed by atoms with Gasteiger partial charge in [0.2, 0.25) is 0 Å². The van der Waals surface area contributed by atoms with Gasteiger partial charge in [0.25, 0.3) is 0 Å². The first-order valence-corrected chi connectivity index (χ1v) is 3.57. The SMILES string of the molecule is C[C-]=CN=C[CH]=[W]. The van der Waals surface area contributed by atoms with Crippen molar-refractivity contribution in [2.45, 2.75) is 6.92 Å². The fourth-order valence-corrected chi connectivity index (χ4v) is 0.405. The topological polar surface area (TPSA) is 12.4 Å². The van der Waals surface area contributed by atoms with Crippen LogP contribution < -0.4 is 0 Å². The monoisotopic (exact) mass is 264 g/mol. The molecule has 0 heterocycles. The molecular weight excluding hydrogens is 258 g/mol. The van der Waals surface area contributed by atoms with Crippen molar-refractivity contribution in [3.8, 4) is 0 Å². The number of rotatable bonds is 2. The van der Waals surface area contributed by atoms with Gasteiger partial charge in [0, 0.05) is 0 Å². The van der Waals surface area contributed by atoms with Crippen LogP contribution in [0.2, 0.25) is 0 Å². The summed E-state index contributed by atoms with van der Waals surface area (Å²) in [5.41, 5.74) is 0. The molecule has 0 aliphatic rings. The van der Waals surface area contributed by atoms with Gasteiger partial charge in [0.15, 0.2) is 0 Å². The van der Waals surface area contributed by atoms with Gasteiger partial charge < -0.3 is 0 Å². The molecule has 0 radical (unpaired) electrons. The van der Waals surface area contributed by atoms with E-state index in [9.17, 15) is 0 Å². The second kappa shape index (κ2) is 5.97. The zero-order valence-corrected chi connectivity index (χ0v) is 7.02. The van der Waals surface area contributed by atoms with E-state index in [1.165, 1.54) is 19.4 Å². The van der Waals surface area contributed by atoms with Crippen molar-refractivity contribution >= 4 is 10.6 Å². The molecule has 0 aromatic carbocycles. The Bertz CT molecular complexity index is 94.3. The minimum atomic E-state index is 1.42. The molecule has 0 aliphatic carbocycles. The van der Waals surface area contributed by atoms with Gasteiger partial charge in [0.1, 0.15) is 0 Å². The molecule has 0 bridgehead atoms. The number of allylic oxidation sites excluding steroid dienone is 1. The van der Waals surface area contributed by atoms with Crippen LogP contribution in [0.5, 0.6) is 0 Å². The summed E-state index contributed by atoms with van der Waals surface area (Å²) in [5.74, 6) is 0. The second-order valence-corrected chi connectivity index (χ2v) is 1.83. The number of nitrogens with zero attached hydrogens (tertiary/aromatic N) is 1. The van der Waals surface area contributed by atoms with Gasteiger partial charge >= 0.3 is 54.2 Å². The molecule has 0 fully saturated rings. The van der Waals surface area contributed by atoms with Gasteiger partial charge in [0.05, 0.1) is 0 Å².